The van der Waals surface area contributed by atoms with Crippen LogP contribution in [0.5, 0.6) is 0 Å². The van der Waals surface area contributed by atoms with Gasteiger partial charge in [0, 0.05) is 11.0 Å². The summed E-state index contributed by atoms with van der Waals surface area (Å²) in [4.78, 5) is 0. The van der Waals surface area contributed by atoms with Crippen LogP contribution in [-0.2, 0) is 0 Å². The van der Waals surface area contributed by atoms with E-state index in [1.165, 1.54) is 0 Å². The molecule has 0 aliphatic carbocycles. The van der Waals surface area contributed by atoms with Crippen LogP contribution in [0.1, 0.15) is 11.7 Å². The van der Waals surface area contributed by atoms with Crippen molar-refractivity contribution in [3.63, 3.8) is 0 Å². The van der Waals surface area contributed by atoms with Crippen molar-refractivity contribution in [1.82, 2.24) is 5.32 Å². The molecular weight excluding hydrogens is 281 g/mol. The molecule has 3 nitrogen and oxygen atoms in total. The van der Waals surface area contributed by atoms with Crippen molar-refractivity contribution in [3.8, 4) is 0 Å². The molecule has 84 valence electrons. The van der Waals surface area contributed by atoms with Gasteiger partial charge < -0.3 is 15.5 Å². The molecule has 0 aliphatic heterocycles. The monoisotopic (exact) mass is 293 g/mol. The fraction of sp³-hybridized carbons (Fsp3) is 0.400. The lowest BCUT2D eigenvalue weighted by Gasteiger charge is -2.19. The van der Waals surface area contributed by atoms with Crippen LogP contribution in [0.25, 0.3) is 0 Å². The van der Waals surface area contributed by atoms with Crippen LogP contribution >= 0.6 is 27.5 Å². The van der Waals surface area contributed by atoms with Crippen molar-refractivity contribution in [1.29, 1.82) is 0 Å². The molecule has 0 saturated carbocycles. The molecule has 2 unspecified atom stereocenters. The van der Waals surface area contributed by atoms with Crippen molar-refractivity contribution in [2.75, 3.05) is 13.6 Å². The van der Waals surface area contributed by atoms with E-state index >= 15 is 0 Å². The molecule has 0 amide bonds. The highest BCUT2D eigenvalue weighted by molar-refractivity contribution is 9.10. The number of rotatable bonds is 4. The van der Waals surface area contributed by atoms with Crippen LogP contribution in [0.3, 0.4) is 0 Å². The fourth-order valence-electron chi connectivity index (χ4n) is 1.28. The van der Waals surface area contributed by atoms with Crippen LogP contribution in [0.2, 0.25) is 5.02 Å². The van der Waals surface area contributed by atoms with Crippen molar-refractivity contribution in [2.45, 2.75) is 12.2 Å². The largest absolute Gasteiger partial charge is 0.389 e. The summed E-state index contributed by atoms with van der Waals surface area (Å²) < 4.78 is 0.620. The van der Waals surface area contributed by atoms with Gasteiger partial charge in [-0.1, -0.05) is 23.7 Å². The van der Waals surface area contributed by atoms with Crippen molar-refractivity contribution in [3.05, 3.63) is 33.3 Å². The van der Waals surface area contributed by atoms with Crippen molar-refractivity contribution in [2.24, 2.45) is 0 Å². The van der Waals surface area contributed by atoms with Gasteiger partial charge in [0.2, 0.25) is 0 Å². The molecule has 1 aromatic carbocycles. The second-order valence-corrected chi connectivity index (χ2v) is 4.41. The summed E-state index contributed by atoms with van der Waals surface area (Å²) in [5.74, 6) is 0. The van der Waals surface area contributed by atoms with Gasteiger partial charge in [0.1, 0.15) is 6.10 Å². The van der Waals surface area contributed by atoms with E-state index in [0.717, 1.165) is 0 Å². The Kier molecular flexibility index (Phi) is 5.02. The maximum atomic E-state index is 9.85. The summed E-state index contributed by atoms with van der Waals surface area (Å²) in [6.45, 7) is 0.320. The van der Waals surface area contributed by atoms with Crippen LogP contribution < -0.4 is 5.32 Å². The van der Waals surface area contributed by atoms with Gasteiger partial charge in [0.05, 0.1) is 11.1 Å². The summed E-state index contributed by atoms with van der Waals surface area (Å²) in [7, 11) is 1.71. The first-order valence-electron chi connectivity index (χ1n) is 4.52. The van der Waals surface area contributed by atoms with Gasteiger partial charge in [0.15, 0.2) is 0 Å². The lowest BCUT2D eigenvalue weighted by atomic mass is 10.0. The number of hydrogen-bond acceptors (Lipinski definition) is 3. The topological polar surface area (TPSA) is 52.5 Å². The van der Waals surface area contributed by atoms with Gasteiger partial charge >= 0.3 is 0 Å². The lowest BCUT2D eigenvalue weighted by Crippen LogP contribution is -2.29. The summed E-state index contributed by atoms with van der Waals surface area (Å²) >= 11 is 9.16. The molecule has 0 radical (unpaired) electrons. The number of aliphatic hydroxyl groups excluding tert-OH is 2. The SMILES string of the molecule is CNCC(O)C(O)c1cccc(Cl)c1Br. The predicted octanol–water partition coefficient (Wildman–Crippen LogP) is 1.72. The third kappa shape index (κ3) is 3.16. The first-order valence-corrected chi connectivity index (χ1v) is 5.69. The average Bonchev–Trinajstić information content (AvgIpc) is 2.21. The van der Waals surface area contributed by atoms with Gasteiger partial charge in [0.25, 0.3) is 0 Å². The van der Waals surface area contributed by atoms with Gasteiger partial charge in [-0.2, -0.15) is 0 Å². The van der Waals surface area contributed by atoms with E-state index in [-0.39, 0.29) is 0 Å². The van der Waals surface area contributed by atoms with Crippen LogP contribution in [0, 0.1) is 0 Å². The zero-order valence-electron chi connectivity index (χ0n) is 8.24. The molecule has 5 heteroatoms. The molecule has 0 aromatic heterocycles. The van der Waals surface area contributed by atoms with Crippen LogP contribution in [-0.4, -0.2) is 29.9 Å². The normalized spacial score (nSPS) is 15.0. The fourth-order valence-corrected chi connectivity index (χ4v) is 1.96. The number of hydrogen-bond donors (Lipinski definition) is 3. The quantitative estimate of drug-likeness (QED) is 0.792. The molecule has 1 aromatic rings. The minimum absolute atomic E-state index is 0.320. The smallest absolute Gasteiger partial charge is 0.107 e. The molecule has 0 aliphatic rings. The standard InChI is InChI=1S/C10H13BrClNO2/c1-13-5-8(14)10(15)6-3-2-4-7(12)9(6)11/h2-4,8,10,13-15H,5H2,1H3. The first-order chi connectivity index (χ1) is 7.07. The molecule has 15 heavy (non-hydrogen) atoms. The summed E-state index contributed by atoms with van der Waals surface area (Å²) in [5.41, 5.74) is 0.588. The molecule has 2 atom stereocenters. The van der Waals surface area contributed by atoms with Crippen molar-refractivity contribution >= 4 is 27.5 Å². The third-order valence-electron chi connectivity index (χ3n) is 2.08. The van der Waals surface area contributed by atoms with E-state index in [2.05, 4.69) is 21.2 Å². The van der Waals surface area contributed by atoms with E-state index in [4.69, 9.17) is 11.6 Å². The second kappa shape index (κ2) is 5.82. The molecule has 0 bridgehead atoms. The van der Waals surface area contributed by atoms with E-state index in [1.54, 1.807) is 25.2 Å². The Morgan fingerprint density at radius 1 is 1.47 bits per heavy atom. The molecule has 1 rings (SSSR count). The Morgan fingerprint density at radius 3 is 2.73 bits per heavy atom. The molecule has 0 heterocycles. The zero-order valence-corrected chi connectivity index (χ0v) is 10.6. The summed E-state index contributed by atoms with van der Waals surface area (Å²) in [6.07, 6.45) is -1.81. The predicted molar refractivity (Wildman–Crippen MR) is 64.0 cm³/mol. The molecule has 0 fully saturated rings. The molecular formula is C10H13BrClNO2. The Bertz CT molecular complexity index is 335. The van der Waals surface area contributed by atoms with E-state index in [0.29, 0.717) is 21.6 Å². The Hall–Kier alpha value is -0.130. The van der Waals surface area contributed by atoms with E-state index in [9.17, 15) is 10.2 Å². The minimum atomic E-state index is -0.953. The number of likely N-dealkylation sites (N-methyl/N-ethyl adjacent to an activating group) is 1. The number of nitrogens with one attached hydrogen (secondary N) is 1. The van der Waals surface area contributed by atoms with Crippen LogP contribution in [0.4, 0.5) is 0 Å². The van der Waals surface area contributed by atoms with Gasteiger partial charge in [-0.25, -0.2) is 0 Å². The number of aliphatic hydroxyl groups is 2. The zero-order chi connectivity index (χ0) is 11.4. The molecule has 0 saturated heterocycles. The Balaban J connectivity index is 2.90. The minimum Gasteiger partial charge on any atom is -0.389 e. The average molecular weight is 295 g/mol. The summed E-state index contributed by atoms with van der Waals surface area (Å²) in [6, 6.07) is 5.17. The first kappa shape index (κ1) is 12.9. The Morgan fingerprint density at radius 2 is 2.13 bits per heavy atom. The number of halogens is 2. The maximum absolute atomic E-state index is 9.85. The maximum Gasteiger partial charge on any atom is 0.107 e. The highest BCUT2D eigenvalue weighted by atomic mass is 79.9. The molecule has 0 spiro atoms. The third-order valence-corrected chi connectivity index (χ3v) is 3.51. The molecule has 3 N–H and O–H groups in total. The number of benzene rings is 1. The van der Waals surface area contributed by atoms with Gasteiger partial charge in [-0.15, -0.1) is 0 Å². The second-order valence-electron chi connectivity index (χ2n) is 3.21. The van der Waals surface area contributed by atoms with Crippen LogP contribution in [0.15, 0.2) is 22.7 Å². The summed E-state index contributed by atoms with van der Waals surface area (Å²) in [5, 5.41) is 22.8. The Labute approximate surface area is 102 Å². The van der Waals surface area contributed by atoms with Gasteiger partial charge in [-0.05, 0) is 34.6 Å². The highest BCUT2D eigenvalue weighted by Crippen LogP contribution is 2.31. The van der Waals surface area contributed by atoms with Crippen molar-refractivity contribution < 1.29 is 10.2 Å². The highest BCUT2D eigenvalue weighted by Gasteiger charge is 2.20. The van der Waals surface area contributed by atoms with Gasteiger partial charge in [-0.3, -0.25) is 0 Å². The van der Waals surface area contributed by atoms with E-state index in [1.807, 2.05) is 0 Å². The van der Waals surface area contributed by atoms with E-state index < -0.39 is 12.2 Å². The lowest BCUT2D eigenvalue weighted by molar-refractivity contribution is 0.0198.